The van der Waals surface area contributed by atoms with Crippen molar-refractivity contribution in [3.05, 3.63) is 58.4 Å². The second-order valence-corrected chi connectivity index (χ2v) is 4.69. The number of hydrogen-bond donors (Lipinski definition) is 0. The number of nitrogens with zero attached hydrogens (tertiary/aromatic N) is 2. The van der Waals surface area contributed by atoms with Gasteiger partial charge >= 0.3 is 0 Å². The Kier molecular flexibility index (Phi) is 4.94. The number of aromatic nitrogens is 1. The van der Waals surface area contributed by atoms with Crippen molar-refractivity contribution in [2.45, 2.75) is 6.54 Å². The molecule has 0 aromatic carbocycles. The Morgan fingerprint density at radius 2 is 2.24 bits per heavy atom. The highest BCUT2D eigenvalue weighted by atomic mass is 16.5. The lowest BCUT2D eigenvalue weighted by atomic mass is 10.2. The first-order chi connectivity index (χ1) is 10.1. The number of carbonyl (C=O) groups is 1. The Morgan fingerprint density at radius 1 is 1.43 bits per heavy atom. The van der Waals surface area contributed by atoms with Gasteiger partial charge in [-0.15, -0.1) is 0 Å². The highest BCUT2D eigenvalue weighted by molar-refractivity contribution is 5.93. The number of furan rings is 1. The smallest absolute Gasteiger partial charge is 0.263 e. The monoisotopic (exact) mass is 290 g/mol. The second kappa shape index (κ2) is 6.90. The van der Waals surface area contributed by atoms with Crippen molar-refractivity contribution in [3.8, 4) is 0 Å². The summed E-state index contributed by atoms with van der Waals surface area (Å²) < 4.78 is 11.4. The van der Waals surface area contributed by atoms with Gasteiger partial charge < -0.3 is 18.6 Å². The van der Waals surface area contributed by atoms with Crippen LogP contribution in [0.4, 0.5) is 0 Å². The molecular formula is C15H18N2O4. The normalized spacial score (nSPS) is 10.6. The number of amides is 1. The van der Waals surface area contributed by atoms with E-state index in [4.69, 9.17) is 9.15 Å². The Balaban J connectivity index is 2.24. The maximum atomic E-state index is 12.6. The summed E-state index contributed by atoms with van der Waals surface area (Å²) in [6, 6.07) is 5.01. The van der Waals surface area contributed by atoms with Crippen molar-refractivity contribution in [2.24, 2.45) is 7.05 Å². The average molecular weight is 290 g/mol. The van der Waals surface area contributed by atoms with Gasteiger partial charge in [-0.25, -0.2) is 0 Å². The maximum Gasteiger partial charge on any atom is 0.263 e. The van der Waals surface area contributed by atoms with Crippen LogP contribution in [-0.2, 0) is 18.3 Å². The van der Waals surface area contributed by atoms with Gasteiger partial charge in [0.1, 0.15) is 5.56 Å². The molecule has 0 fully saturated rings. The van der Waals surface area contributed by atoms with Crippen molar-refractivity contribution in [1.82, 2.24) is 9.47 Å². The number of rotatable bonds is 6. The van der Waals surface area contributed by atoms with Crippen LogP contribution >= 0.6 is 0 Å². The molecule has 2 aromatic rings. The topological polar surface area (TPSA) is 64.7 Å². The fraction of sp³-hybridized carbons (Fsp3) is 0.333. The van der Waals surface area contributed by atoms with Crippen molar-refractivity contribution in [1.29, 1.82) is 0 Å². The van der Waals surface area contributed by atoms with Crippen LogP contribution in [0.5, 0.6) is 0 Å². The Hall–Kier alpha value is -2.34. The Bertz CT molecular complexity index is 646. The molecule has 6 nitrogen and oxygen atoms in total. The number of ether oxygens (including phenoxy) is 1. The molecule has 112 valence electrons. The first-order valence-corrected chi connectivity index (χ1v) is 6.58. The van der Waals surface area contributed by atoms with Gasteiger partial charge in [0, 0.05) is 39.0 Å². The van der Waals surface area contributed by atoms with Crippen molar-refractivity contribution in [3.63, 3.8) is 0 Å². The summed E-state index contributed by atoms with van der Waals surface area (Å²) in [5.74, 6) is -0.311. The quantitative estimate of drug-likeness (QED) is 0.803. The molecule has 0 radical (unpaired) electrons. The van der Waals surface area contributed by atoms with Crippen molar-refractivity contribution < 1.29 is 13.9 Å². The molecule has 2 aromatic heterocycles. The van der Waals surface area contributed by atoms with Crippen LogP contribution in [-0.4, -0.2) is 35.6 Å². The molecule has 0 aliphatic heterocycles. The van der Waals surface area contributed by atoms with Crippen LogP contribution in [0.15, 0.2) is 46.1 Å². The zero-order chi connectivity index (χ0) is 15.2. The molecule has 0 unspecified atom stereocenters. The van der Waals surface area contributed by atoms with E-state index in [9.17, 15) is 9.59 Å². The molecule has 2 rings (SSSR count). The van der Waals surface area contributed by atoms with E-state index in [2.05, 4.69) is 0 Å². The molecule has 0 atom stereocenters. The zero-order valence-corrected chi connectivity index (χ0v) is 12.1. The molecule has 0 bridgehead atoms. The van der Waals surface area contributed by atoms with Gasteiger partial charge in [-0.05, 0) is 18.2 Å². The molecule has 0 saturated heterocycles. The molecule has 0 N–H and O–H groups in total. The fourth-order valence-electron chi connectivity index (χ4n) is 1.99. The summed E-state index contributed by atoms with van der Waals surface area (Å²) in [5, 5.41) is 0. The molecule has 0 spiro atoms. The number of pyridine rings is 1. The molecule has 0 aliphatic carbocycles. The minimum atomic E-state index is -0.311. The molecule has 6 heteroatoms. The van der Waals surface area contributed by atoms with Crippen molar-refractivity contribution in [2.75, 3.05) is 20.3 Å². The minimum Gasteiger partial charge on any atom is -0.472 e. The van der Waals surface area contributed by atoms with Gasteiger partial charge in [0.05, 0.1) is 19.1 Å². The lowest BCUT2D eigenvalue weighted by molar-refractivity contribution is 0.0678. The fourth-order valence-corrected chi connectivity index (χ4v) is 1.99. The largest absolute Gasteiger partial charge is 0.472 e. The van der Waals surface area contributed by atoms with Gasteiger partial charge in [0.2, 0.25) is 0 Å². The van der Waals surface area contributed by atoms with Gasteiger partial charge in [-0.1, -0.05) is 0 Å². The van der Waals surface area contributed by atoms with Gasteiger partial charge in [0.25, 0.3) is 11.5 Å². The third kappa shape index (κ3) is 3.61. The Morgan fingerprint density at radius 3 is 2.90 bits per heavy atom. The summed E-state index contributed by atoms with van der Waals surface area (Å²) in [5.41, 5.74) is 0.712. The van der Waals surface area contributed by atoms with Crippen LogP contribution in [0.2, 0.25) is 0 Å². The lowest BCUT2D eigenvalue weighted by Gasteiger charge is -2.21. The summed E-state index contributed by atoms with van der Waals surface area (Å²) >= 11 is 0. The second-order valence-electron chi connectivity index (χ2n) is 4.69. The van der Waals surface area contributed by atoms with E-state index in [1.54, 1.807) is 56.0 Å². The van der Waals surface area contributed by atoms with E-state index in [0.29, 0.717) is 19.7 Å². The van der Waals surface area contributed by atoms with Crippen LogP contribution in [0, 0.1) is 0 Å². The third-order valence-corrected chi connectivity index (χ3v) is 3.16. The molecule has 21 heavy (non-hydrogen) atoms. The SMILES string of the molecule is COCCN(Cc1ccoc1)C(=O)c1cccn(C)c1=O. The summed E-state index contributed by atoms with van der Waals surface area (Å²) in [4.78, 5) is 26.2. The van der Waals surface area contributed by atoms with E-state index in [1.165, 1.54) is 4.57 Å². The van der Waals surface area contributed by atoms with Crippen LogP contribution in [0.1, 0.15) is 15.9 Å². The summed E-state index contributed by atoms with van der Waals surface area (Å²) in [6.45, 7) is 1.17. The molecular weight excluding hydrogens is 272 g/mol. The van der Waals surface area contributed by atoms with E-state index < -0.39 is 0 Å². The number of methoxy groups -OCH3 is 1. The Labute approximate surface area is 122 Å². The first-order valence-electron chi connectivity index (χ1n) is 6.58. The lowest BCUT2D eigenvalue weighted by Crippen LogP contribution is -2.37. The first kappa shape index (κ1) is 15.1. The van der Waals surface area contributed by atoms with Crippen LogP contribution in [0.25, 0.3) is 0 Å². The molecule has 0 aliphatic rings. The third-order valence-electron chi connectivity index (χ3n) is 3.16. The number of aryl methyl sites for hydroxylation is 1. The predicted octanol–water partition coefficient (Wildman–Crippen LogP) is 1.27. The highest BCUT2D eigenvalue weighted by Crippen LogP contribution is 2.08. The zero-order valence-electron chi connectivity index (χ0n) is 12.1. The molecule has 1 amide bonds. The van der Waals surface area contributed by atoms with E-state index >= 15 is 0 Å². The highest BCUT2D eigenvalue weighted by Gasteiger charge is 2.19. The number of carbonyl (C=O) groups excluding carboxylic acids is 1. The maximum absolute atomic E-state index is 12.6. The molecule has 2 heterocycles. The molecule has 0 saturated carbocycles. The number of hydrogen-bond acceptors (Lipinski definition) is 4. The van der Waals surface area contributed by atoms with E-state index in [1.807, 2.05) is 0 Å². The van der Waals surface area contributed by atoms with Gasteiger partial charge in [-0.3, -0.25) is 9.59 Å². The standard InChI is InChI=1S/C15H18N2O4/c1-16-6-3-4-13(14(16)18)15(19)17(7-9-20-2)10-12-5-8-21-11-12/h3-6,8,11H,7,9-10H2,1-2H3. The summed E-state index contributed by atoms with van der Waals surface area (Å²) in [7, 11) is 3.19. The minimum absolute atomic E-state index is 0.152. The predicted molar refractivity (Wildman–Crippen MR) is 77.0 cm³/mol. The van der Waals surface area contributed by atoms with Gasteiger partial charge in [-0.2, -0.15) is 0 Å². The average Bonchev–Trinajstić information content (AvgIpc) is 2.98. The van der Waals surface area contributed by atoms with E-state index in [0.717, 1.165) is 5.56 Å². The van der Waals surface area contributed by atoms with Crippen LogP contribution < -0.4 is 5.56 Å². The van der Waals surface area contributed by atoms with Crippen LogP contribution in [0.3, 0.4) is 0 Å². The van der Waals surface area contributed by atoms with Crippen molar-refractivity contribution >= 4 is 5.91 Å². The summed E-state index contributed by atoms with van der Waals surface area (Å²) in [6.07, 6.45) is 4.75. The van der Waals surface area contributed by atoms with E-state index in [-0.39, 0.29) is 17.0 Å². The van der Waals surface area contributed by atoms with Gasteiger partial charge in [0.15, 0.2) is 0 Å².